The molecular weight excluding hydrogens is 418 g/mol. The molecule has 0 saturated carbocycles. The van der Waals surface area contributed by atoms with Gasteiger partial charge < -0.3 is 5.32 Å². The van der Waals surface area contributed by atoms with Gasteiger partial charge in [0.1, 0.15) is 0 Å². The predicted molar refractivity (Wildman–Crippen MR) is 103 cm³/mol. The monoisotopic (exact) mass is 433 g/mol. The SMILES string of the molecule is CC(C)(C)c1ccc(C=C2C(=O)Nc3c(Br)cc(Br)cc32)cc1. The minimum Gasteiger partial charge on any atom is -0.320 e. The van der Waals surface area contributed by atoms with Crippen molar-refractivity contribution >= 4 is 55.1 Å². The molecule has 2 nitrogen and oxygen atoms in total. The lowest BCUT2D eigenvalue weighted by molar-refractivity contribution is -0.110. The zero-order valence-corrected chi connectivity index (χ0v) is 16.4. The van der Waals surface area contributed by atoms with Crippen LogP contribution in [0, 0.1) is 0 Å². The number of amides is 1. The minimum atomic E-state index is -0.0707. The molecular formula is C19H17Br2NO. The van der Waals surface area contributed by atoms with E-state index >= 15 is 0 Å². The summed E-state index contributed by atoms with van der Waals surface area (Å²) < 4.78 is 1.82. The summed E-state index contributed by atoms with van der Waals surface area (Å²) in [5.41, 5.74) is 4.85. The number of hydrogen-bond acceptors (Lipinski definition) is 1. The van der Waals surface area contributed by atoms with Crippen LogP contribution in [0.5, 0.6) is 0 Å². The van der Waals surface area contributed by atoms with Crippen LogP contribution in [0.2, 0.25) is 0 Å². The van der Waals surface area contributed by atoms with Crippen LogP contribution in [0.4, 0.5) is 5.69 Å². The molecule has 4 heteroatoms. The van der Waals surface area contributed by atoms with Crippen LogP contribution in [0.25, 0.3) is 11.6 Å². The molecule has 1 heterocycles. The van der Waals surface area contributed by atoms with E-state index in [9.17, 15) is 4.79 Å². The molecule has 0 radical (unpaired) electrons. The van der Waals surface area contributed by atoms with Gasteiger partial charge in [0, 0.05) is 20.1 Å². The van der Waals surface area contributed by atoms with Gasteiger partial charge in [-0.1, -0.05) is 61.0 Å². The van der Waals surface area contributed by atoms with Crippen molar-refractivity contribution in [3.05, 3.63) is 62.0 Å². The van der Waals surface area contributed by atoms with Gasteiger partial charge in [-0.3, -0.25) is 4.79 Å². The molecule has 3 rings (SSSR count). The van der Waals surface area contributed by atoms with E-state index in [2.05, 4.69) is 82.2 Å². The van der Waals surface area contributed by atoms with Gasteiger partial charge in [-0.25, -0.2) is 0 Å². The van der Waals surface area contributed by atoms with Crippen LogP contribution in [0.1, 0.15) is 37.5 Å². The second-order valence-electron chi connectivity index (χ2n) is 6.69. The molecule has 118 valence electrons. The smallest absolute Gasteiger partial charge is 0.256 e. The summed E-state index contributed by atoms with van der Waals surface area (Å²) in [4.78, 5) is 12.3. The molecule has 0 unspecified atom stereocenters. The average molecular weight is 435 g/mol. The lowest BCUT2D eigenvalue weighted by atomic mass is 9.86. The third-order valence-electron chi connectivity index (χ3n) is 3.92. The van der Waals surface area contributed by atoms with Gasteiger partial charge in [0.05, 0.1) is 5.69 Å². The summed E-state index contributed by atoms with van der Waals surface area (Å²) in [6.07, 6.45) is 1.94. The lowest BCUT2D eigenvalue weighted by Gasteiger charge is -2.18. The topological polar surface area (TPSA) is 29.1 Å². The van der Waals surface area contributed by atoms with Crippen molar-refractivity contribution in [3.8, 4) is 0 Å². The van der Waals surface area contributed by atoms with E-state index in [1.807, 2.05) is 18.2 Å². The first-order valence-electron chi connectivity index (χ1n) is 7.39. The lowest BCUT2D eigenvalue weighted by Crippen LogP contribution is -2.10. The molecule has 0 atom stereocenters. The summed E-state index contributed by atoms with van der Waals surface area (Å²) in [7, 11) is 0. The Morgan fingerprint density at radius 1 is 1.04 bits per heavy atom. The van der Waals surface area contributed by atoms with E-state index in [0.717, 1.165) is 25.8 Å². The van der Waals surface area contributed by atoms with Gasteiger partial charge >= 0.3 is 0 Å². The Morgan fingerprint density at radius 2 is 1.70 bits per heavy atom. The van der Waals surface area contributed by atoms with Gasteiger partial charge in [0.15, 0.2) is 0 Å². The number of nitrogens with one attached hydrogen (secondary N) is 1. The van der Waals surface area contributed by atoms with E-state index in [4.69, 9.17) is 0 Å². The van der Waals surface area contributed by atoms with Gasteiger partial charge in [-0.15, -0.1) is 0 Å². The molecule has 0 bridgehead atoms. The Morgan fingerprint density at radius 3 is 2.30 bits per heavy atom. The van der Waals surface area contributed by atoms with Crippen molar-refractivity contribution in [2.24, 2.45) is 0 Å². The van der Waals surface area contributed by atoms with Crippen LogP contribution in [0.3, 0.4) is 0 Å². The number of rotatable bonds is 1. The van der Waals surface area contributed by atoms with E-state index in [1.165, 1.54) is 5.56 Å². The quantitative estimate of drug-likeness (QED) is 0.547. The molecule has 1 aliphatic rings. The van der Waals surface area contributed by atoms with Crippen molar-refractivity contribution in [1.29, 1.82) is 0 Å². The van der Waals surface area contributed by atoms with Crippen LogP contribution in [-0.4, -0.2) is 5.91 Å². The van der Waals surface area contributed by atoms with Gasteiger partial charge in [-0.2, -0.15) is 0 Å². The molecule has 0 fully saturated rings. The normalized spacial score (nSPS) is 15.7. The standard InChI is InChI=1S/C19H17Br2NO/c1-19(2,3)12-6-4-11(5-7-12)8-15-14-9-13(20)10-16(21)17(14)22-18(15)23/h4-10H,1-3H3,(H,22,23). The van der Waals surface area contributed by atoms with Crippen LogP contribution < -0.4 is 5.32 Å². The zero-order chi connectivity index (χ0) is 16.8. The molecule has 0 aliphatic carbocycles. The number of hydrogen-bond donors (Lipinski definition) is 1. The van der Waals surface area contributed by atoms with Crippen molar-refractivity contribution in [3.63, 3.8) is 0 Å². The average Bonchev–Trinajstić information content (AvgIpc) is 2.76. The first-order valence-corrected chi connectivity index (χ1v) is 8.97. The largest absolute Gasteiger partial charge is 0.320 e. The van der Waals surface area contributed by atoms with Crippen molar-refractivity contribution in [2.45, 2.75) is 26.2 Å². The summed E-state index contributed by atoms with van der Waals surface area (Å²) in [5, 5.41) is 2.92. The van der Waals surface area contributed by atoms with Crippen molar-refractivity contribution in [2.75, 3.05) is 5.32 Å². The Labute approximate surface area is 153 Å². The van der Waals surface area contributed by atoms with E-state index < -0.39 is 0 Å². The van der Waals surface area contributed by atoms with Gasteiger partial charge in [0.25, 0.3) is 5.91 Å². The number of benzene rings is 2. The number of carbonyl (C=O) groups is 1. The molecule has 2 aromatic rings. The highest BCUT2D eigenvalue weighted by molar-refractivity contribution is 9.11. The molecule has 1 N–H and O–H groups in total. The molecule has 1 amide bonds. The van der Waals surface area contributed by atoms with Crippen LogP contribution in [-0.2, 0) is 10.2 Å². The Hall–Kier alpha value is -1.39. The third-order valence-corrected chi connectivity index (χ3v) is 5.00. The molecule has 0 saturated heterocycles. The second kappa shape index (κ2) is 5.91. The van der Waals surface area contributed by atoms with Gasteiger partial charge in [-0.05, 0) is 50.7 Å². The highest BCUT2D eigenvalue weighted by Crippen LogP contribution is 2.40. The molecule has 2 aromatic carbocycles. The summed E-state index contributed by atoms with van der Waals surface area (Å²) in [6.45, 7) is 6.57. The van der Waals surface area contributed by atoms with E-state index in [0.29, 0.717) is 5.57 Å². The number of anilines is 1. The first-order chi connectivity index (χ1) is 10.8. The first kappa shape index (κ1) is 16.5. The fourth-order valence-electron chi connectivity index (χ4n) is 2.61. The molecule has 1 aliphatic heterocycles. The summed E-state index contributed by atoms with van der Waals surface area (Å²) in [5.74, 6) is -0.0707. The maximum Gasteiger partial charge on any atom is 0.256 e. The van der Waals surface area contributed by atoms with Crippen molar-refractivity contribution < 1.29 is 4.79 Å². The molecule has 0 spiro atoms. The predicted octanol–water partition coefficient (Wildman–Crippen LogP) is 6.00. The maximum atomic E-state index is 12.3. The van der Waals surface area contributed by atoms with E-state index in [1.54, 1.807) is 0 Å². The Balaban J connectivity index is 2.03. The summed E-state index contributed by atoms with van der Waals surface area (Å²) >= 11 is 6.98. The highest BCUT2D eigenvalue weighted by atomic mass is 79.9. The van der Waals surface area contributed by atoms with E-state index in [-0.39, 0.29) is 11.3 Å². The second-order valence-corrected chi connectivity index (χ2v) is 8.46. The van der Waals surface area contributed by atoms with Crippen molar-refractivity contribution in [1.82, 2.24) is 0 Å². The maximum absolute atomic E-state index is 12.3. The van der Waals surface area contributed by atoms with Crippen LogP contribution >= 0.6 is 31.9 Å². The van der Waals surface area contributed by atoms with Crippen LogP contribution in [0.15, 0.2) is 45.3 Å². The Kier molecular flexibility index (Phi) is 4.23. The third kappa shape index (κ3) is 3.29. The minimum absolute atomic E-state index is 0.0707. The molecule has 0 aromatic heterocycles. The summed E-state index contributed by atoms with van der Waals surface area (Å²) in [6, 6.07) is 12.3. The zero-order valence-electron chi connectivity index (χ0n) is 13.2. The van der Waals surface area contributed by atoms with Gasteiger partial charge in [0.2, 0.25) is 0 Å². The number of carbonyl (C=O) groups excluding carboxylic acids is 1. The number of halogens is 2. The fraction of sp³-hybridized carbons (Fsp3) is 0.211. The number of fused-ring (bicyclic) bond motifs is 1. The highest BCUT2D eigenvalue weighted by Gasteiger charge is 2.26. The molecule has 23 heavy (non-hydrogen) atoms. The Bertz CT molecular complexity index is 814. The fourth-order valence-corrected chi connectivity index (χ4v) is 3.93.